The fraction of sp³-hybridized carbons (Fsp3) is 0.500. The Balaban J connectivity index is 2.87. The number of hydrogen-bond acceptors (Lipinski definition) is 3. The largest absolute Gasteiger partial charge is 0.395 e. The van der Waals surface area contributed by atoms with E-state index in [0.717, 1.165) is 0 Å². The smallest absolute Gasteiger partial charge is 0.251 e. The van der Waals surface area contributed by atoms with Crippen molar-refractivity contribution in [1.82, 2.24) is 4.90 Å². The van der Waals surface area contributed by atoms with Gasteiger partial charge in [0.05, 0.1) is 19.2 Å². The average Bonchev–Trinajstić information content (AvgIpc) is 2.40. The van der Waals surface area contributed by atoms with Gasteiger partial charge in [-0.2, -0.15) is 0 Å². The van der Waals surface area contributed by atoms with Crippen molar-refractivity contribution in [3.05, 3.63) is 35.9 Å². The minimum Gasteiger partial charge on any atom is -0.395 e. The number of nitrogens with zero attached hydrogens (tertiary/aromatic N) is 1. The summed E-state index contributed by atoms with van der Waals surface area (Å²) in [7, 11) is 0. The Bertz CT molecular complexity index is 384. The van der Waals surface area contributed by atoms with Gasteiger partial charge in [-0.25, -0.2) is 8.78 Å². The van der Waals surface area contributed by atoms with Crippen LogP contribution in [0.15, 0.2) is 30.3 Å². The number of carbonyl (C=O) groups excluding carboxylic acids is 1. The molecule has 0 bridgehead atoms. The van der Waals surface area contributed by atoms with E-state index in [1.807, 2.05) is 0 Å². The number of aliphatic hydroxyl groups excluding tert-OH is 1. The highest BCUT2D eigenvalue weighted by atomic mass is 19.3. The van der Waals surface area contributed by atoms with Gasteiger partial charge in [0.15, 0.2) is 5.78 Å². The van der Waals surface area contributed by atoms with Gasteiger partial charge in [0.2, 0.25) is 0 Å². The van der Waals surface area contributed by atoms with E-state index >= 15 is 0 Å². The van der Waals surface area contributed by atoms with E-state index in [0.29, 0.717) is 12.0 Å². The summed E-state index contributed by atoms with van der Waals surface area (Å²) >= 11 is 0. The Morgan fingerprint density at radius 2 is 1.95 bits per heavy atom. The molecule has 0 fully saturated rings. The predicted molar refractivity (Wildman–Crippen MR) is 69.5 cm³/mol. The van der Waals surface area contributed by atoms with Crippen molar-refractivity contribution in [2.75, 3.05) is 19.7 Å². The lowest BCUT2D eigenvalue weighted by Crippen LogP contribution is -2.44. The molecule has 0 saturated carbocycles. The highest BCUT2D eigenvalue weighted by Crippen LogP contribution is 2.14. The Kier molecular flexibility index (Phi) is 6.59. The quantitative estimate of drug-likeness (QED) is 0.737. The summed E-state index contributed by atoms with van der Waals surface area (Å²) in [6.45, 7) is 1.10. The Morgan fingerprint density at radius 3 is 2.42 bits per heavy atom. The van der Waals surface area contributed by atoms with Gasteiger partial charge in [-0.3, -0.25) is 9.69 Å². The van der Waals surface area contributed by atoms with Gasteiger partial charge in [-0.1, -0.05) is 37.3 Å². The molecule has 0 amide bonds. The second kappa shape index (κ2) is 7.96. The molecule has 0 aliphatic carbocycles. The van der Waals surface area contributed by atoms with Gasteiger partial charge in [-0.15, -0.1) is 0 Å². The summed E-state index contributed by atoms with van der Waals surface area (Å²) in [6, 6.07) is 7.99. The van der Waals surface area contributed by atoms with Crippen LogP contribution in [0.3, 0.4) is 0 Å². The molecule has 0 radical (unpaired) electrons. The van der Waals surface area contributed by atoms with Crippen LogP contribution in [-0.4, -0.2) is 48.0 Å². The van der Waals surface area contributed by atoms with Crippen molar-refractivity contribution in [2.45, 2.75) is 25.8 Å². The molecule has 1 N–H and O–H groups in total. The number of benzene rings is 1. The van der Waals surface area contributed by atoms with Crippen LogP contribution in [0.25, 0.3) is 0 Å². The third kappa shape index (κ3) is 4.69. The van der Waals surface area contributed by atoms with E-state index in [1.165, 1.54) is 4.90 Å². The average molecular weight is 271 g/mol. The van der Waals surface area contributed by atoms with Gasteiger partial charge in [0.25, 0.3) is 6.43 Å². The molecule has 1 rings (SSSR count). The minimum atomic E-state index is -2.52. The minimum absolute atomic E-state index is 0.0709. The van der Waals surface area contributed by atoms with Gasteiger partial charge < -0.3 is 5.11 Å². The number of hydrogen-bond donors (Lipinski definition) is 1. The number of aliphatic hydroxyl groups is 1. The van der Waals surface area contributed by atoms with Gasteiger partial charge in [-0.05, 0) is 6.42 Å². The summed E-state index contributed by atoms with van der Waals surface area (Å²) in [5.41, 5.74) is 0.506. The number of carbonyl (C=O) groups is 1. The first-order valence-corrected chi connectivity index (χ1v) is 6.32. The molecule has 106 valence electrons. The molecular weight excluding hydrogens is 252 g/mol. The number of Topliss-reactive ketones (excluding diaryl/α,β-unsaturated/α-hetero) is 1. The standard InChI is InChI=1S/C14H19F2NO2/c1-2-12(17(8-9-18)10-13(15)16)14(19)11-6-4-3-5-7-11/h3-7,12-13,18H,2,8-10H2,1H3. The molecule has 0 spiro atoms. The Hall–Kier alpha value is -1.33. The van der Waals surface area contributed by atoms with E-state index in [-0.39, 0.29) is 18.9 Å². The molecule has 3 nitrogen and oxygen atoms in total. The van der Waals surface area contributed by atoms with Crippen molar-refractivity contribution in [2.24, 2.45) is 0 Å². The maximum Gasteiger partial charge on any atom is 0.251 e. The lowest BCUT2D eigenvalue weighted by molar-refractivity contribution is 0.0472. The van der Waals surface area contributed by atoms with Crippen LogP contribution in [0.4, 0.5) is 8.78 Å². The van der Waals surface area contributed by atoms with Crippen LogP contribution in [0, 0.1) is 0 Å². The molecular formula is C14H19F2NO2. The highest BCUT2D eigenvalue weighted by Gasteiger charge is 2.26. The maximum atomic E-state index is 12.5. The van der Waals surface area contributed by atoms with Crippen molar-refractivity contribution in [3.63, 3.8) is 0 Å². The topological polar surface area (TPSA) is 40.5 Å². The van der Waals surface area contributed by atoms with Crippen LogP contribution in [-0.2, 0) is 0 Å². The fourth-order valence-electron chi connectivity index (χ4n) is 2.08. The van der Waals surface area contributed by atoms with Crippen LogP contribution in [0.2, 0.25) is 0 Å². The normalized spacial score (nSPS) is 12.9. The van der Waals surface area contributed by atoms with Gasteiger partial charge >= 0.3 is 0 Å². The second-order valence-electron chi connectivity index (χ2n) is 4.26. The second-order valence-corrected chi connectivity index (χ2v) is 4.26. The maximum absolute atomic E-state index is 12.5. The molecule has 1 atom stereocenters. The molecule has 19 heavy (non-hydrogen) atoms. The lowest BCUT2D eigenvalue weighted by atomic mass is 10.0. The Morgan fingerprint density at radius 1 is 1.32 bits per heavy atom. The van der Waals surface area contributed by atoms with Crippen molar-refractivity contribution < 1.29 is 18.7 Å². The molecule has 5 heteroatoms. The predicted octanol–water partition coefficient (Wildman–Crippen LogP) is 2.21. The first-order chi connectivity index (χ1) is 9.10. The first-order valence-electron chi connectivity index (χ1n) is 6.32. The van der Waals surface area contributed by atoms with E-state index in [1.54, 1.807) is 37.3 Å². The van der Waals surface area contributed by atoms with E-state index < -0.39 is 19.0 Å². The molecule has 0 heterocycles. The van der Waals surface area contributed by atoms with E-state index in [2.05, 4.69) is 0 Å². The number of alkyl halides is 2. The van der Waals surface area contributed by atoms with Gasteiger partial charge in [0, 0.05) is 12.1 Å². The monoisotopic (exact) mass is 271 g/mol. The zero-order chi connectivity index (χ0) is 14.3. The Labute approximate surface area is 111 Å². The fourth-order valence-corrected chi connectivity index (χ4v) is 2.08. The molecule has 0 aliphatic heterocycles. The summed E-state index contributed by atoms with van der Waals surface area (Å²) in [6.07, 6.45) is -2.09. The van der Waals surface area contributed by atoms with Crippen LogP contribution >= 0.6 is 0 Å². The SMILES string of the molecule is CCC(C(=O)c1ccccc1)N(CCO)CC(F)F. The van der Waals surface area contributed by atoms with Crippen LogP contribution < -0.4 is 0 Å². The first kappa shape index (κ1) is 15.7. The number of rotatable bonds is 8. The molecule has 1 aromatic rings. The third-order valence-corrected chi connectivity index (χ3v) is 2.95. The zero-order valence-electron chi connectivity index (χ0n) is 10.9. The van der Waals surface area contributed by atoms with Crippen molar-refractivity contribution in [1.29, 1.82) is 0 Å². The van der Waals surface area contributed by atoms with Crippen molar-refractivity contribution >= 4 is 5.78 Å². The third-order valence-electron chi connectivity index (χ3n) is 2.95. The van der Waals surface area contributed by atoms with Crippen LogP contribution in [0.5, 0.6) is 0 Å². The summed E-state index contributed by atoms with van der Waals surface area (Å²) < 4.78 is 25.1. The molecule has 0 aliphatic rings. The molecule has 1 aromatic carbocycles. The van der Waals surface area contributed by atoms with Crippen LogP contribution in [0.1, 0.15) is 23.7 Å². The number of ketones is 1. The summed E-state index contributed by atoms with van der Waals surface area (Å²) in [5.74, 6) is -0.183. The molecule has 1 unspecified atom stereocenters. The van der Waals surface area contributed by atoms with Crippen molar-refractivity contribution in [3.8, 4) is 0 Å². The molecule has 0 saturated heterocycles. The zero-order valence-corrected chi connectivity index (χ0v) is 10.9. The van der Waals surface area contributed by atoms with Gasteiger partial charge in [0.1, 0.15) is 0 Å². The summed E-state index contributed by atoms with van der Waals surface area (Å²) in [5, 5.41) is 8.95. The van der Waals surface area contributed by atoms with E-state index in [9.17, 15) is 13.6 Å². The molecule has 0 aromatic heterocycles. The van der Waals surface area contributed by atoms with E-state index in [4.69, 9.17) is 5.11 Å². The summed E-state index contributed by atoms with van der Waals surface area (Å²) in [4.78, 5) is 13.7. The lowest BCUT2D eigenvalue weighted by Gasteiger charge is -2.29. The number of halogens is 2. The highest BCUT2D eigenvalue weighted by molar-refractivity contribution is 6.00.